The second kappa shape index (κ2) is 5.51. The summed E-state index contributed by atoms with van der Waals surface area (Å²) in [6.45, 7) is 15.9. The van der Waals surface area contributed by atoms with Gasteiger partial charge in [-0.15, -0.1) is 0 Å². The first kappa shape index (κ1) is 17.8. The number of fused-ring (bicyclic) bond motifs is 2. The van der Waals surface area contributed by atoms with Gasteiger partial charge in [0, 0.05) is 22.4 Å². The van der Waals surface area contributed by atoms with Crippen LogP contribution in [-0.4, -0.2) is 51.0 Å². The molecule has 6 heteroatoms. The Labute approximate surface area is 140 Å². The maximum absolute atomic E-state index is 9.96. The number of rotatable bonds is 0. The lowest BCUT2D eigenvalue weighted by Gasteiger charge is -2.56. The molecule has 0 aromatic heterocycles. The van der Waals surface area contributed by atoms with E-state index < -0.39 is 14.9 Å². The first-order chi connectivity index (χ1) is 10.5. The molecule has 0 aromatic rings. The van der Waals surface area contributed by atoms with E-state index in [9.17, 15) is 5.11 Å². The van der Waals surface area contributed by atoms with Gasteiger partial charge in [0.2, 0.25) is 0 Å². The standard InChI is InChI=1S/C17H32O5Si/c1-10-14-12(21-15(10)18)8-11-13(20-14)9-19-23(22-11,16(2,3)4)17(5,6)7/h10-15,18H,8-9H2,1-7H3/t10-,11-,12+,13-,14+,15?/m1/s1. The van der Waals surface area contributed by atoms with Gasteiger partial charge >= 0.3 is 8.56 Å². The zero-order chi connectivity index (χ0) is 17.2. The minimum Gasteiger partial charge on any atom is -0.391 e. The Bertz CT molecular complexity index is 441. The minimum absolute atomic E-state index is 0.00453. The van der Waals surface area contributed by atoms with Gasteiger partial charge in [-0.05, 0) is 0 Å². The molecule has 5 nitrogen and oxygen atoms in total. The molecule has 3 aliphatic rings. The molecule has 1 unspecified atom stereocenters. The SMILES string of the molecule is C[C@H]1C(O)O[C@H]2C[C@H]3O[Si](C(C)(C)C)(C(C)(C)C)OC[C@H]3O[C@H]21. The normalized spacial score (nSPS) is 43.8. The molecular weight excluding hydrogens is 312 g/mol. The molecular formula is C17H32O5Si. The van der Waals surface area contributed by atoms with Crippen molar-refractivity contribution in [3.63, 3.8) is 0 Å². The second-order valence-corrected chi connectivity index (χ2v) is 14.1. The van der Waals surface area contributed by atoms with Crippen LogP contribution in [-0.2, 0) is 18.3 Å². The Morgan fingerprint density at radius 2 is 1.52 bits per heavy atom. The van der Waals surface area contributed by atoms with Crippen molar-refractivity contribution in [2.24, 2.45) is 5.92 Å². The Morgan fingerprint density at radius 3 is 2.09 bits per heavy atom. The fraction of sp³-hybridized carbons (Fsp3) is 1.00. The minimum atomic E-state index is -2.47. The summed E-state index contributed by atoms with van der Waals surface area (Å²) in [6, 6.07) is 0. The van der Waals surface area contributed by atoms with Crippen molar-refractivity contribution < 1.29 is 23.4 Å². The van der Waals surface area contributed by atoms with Gasteiger partial charge in [-0.25, -0.2) is 0 Å². The van der Waals surface area contributed by atoms with E-state index in [1.165, 1.54) is 0 Å². The quantitative estimate of drug-likeness (QED) is 0.685. The Balaban J connectivity index is 1.83. The monoisotopic (exact) mass is 344 g/mol. The molecule has 0 spiro atoms. The Kier molecular flexibility index (Phi) is 4.27. The predicted molar refractivity (Wildman–Crippen MR) is 89.3 cm³/mol. The van der Waals surface area contributed by atoms with Crippen molar-refractivity contribution in [2.75, 3.05) is 6.61 Å². The van der Waals surface area contributed by atoms with Crippen molar-refractivity contribution in [1.82, 2.24) is 0 Å². The van der Waals surface area contributed by atoms with Crippen molar-refractivity contribution >= 4 is 8.56 Å². The van der Waals surface area contributed by atoms with Crippen LogP contribution in [0.2, 0.25) is 10.1 Å². The highest BCUT2D eigenvalue weighted by Gasteiger charge is 2.63. The molecule has 1 N–H and O–H groups in total. The van der Waals surface area contributed by atoms with Gasteiger partial charge in [-0.3, -0.25) is 0 Å². The molecule has 0 amide bonds. The van der Waals surface area contributed by atoms with Crippen LogP contribution < -0.4 is 0 Å². The molecule has 23 heavy (non-hydrogen) atoms. The average Bonchev–Trinajstić information content (AvgIpc) is 2.68. The molecule has 3 rings (SSSR count). The zero-order valence-electron chi connectivity index (χ0n) is 15.5. The van der Waals surface area contributed by atoms with Gasteiger partial charge in [-0.1, -0.05) is 48.5 Å². The molecule has 0 aromatic carbocycles. The fourth-order valence-electron chi connectivity index (χ4n) is 4.58. The lowest BCUT2D eigenvalue weighted by atomic mass is 9.93. The Hall–Kier alpha value is 0.0169. The first-order valence-corrected chi connectivity index (χ1v) is 10.6. The molecule has 3 heterocycles. The van der Waals surface area contributed by atoms with Crippen LogP contribution in [0.25, 0.3) is 0 Å². The van der Waals surface area contributed by atoms with Crippen LogP contribution >= 0.6 is 0 Å². The van der Waals surface area contributed by atoms with Crippen LogP contribution in [0.15, 0.2) is 0 Å². The molecule has 3 aliphatic heterocycles. The predicted octanol–water partition coefficient (Wildman–Crippen LogP) is 2.96. The van der Waals surface area contributed by atoms with E-state index in [1.54, 1.807) is 0 Å². The first-order valence-electron chi connectivity index (χ1n) is 8.77. The van der Waals surface area contributed by atoms with E-state index in [0.717, 1.165) is 6.42 Å². The maximum atomic E-state index is 9.96. The summed E-state index contributed by atoms with van der Waals surface area (Å²) < 4.78 is 25.1. The topological polar surface area (TPSA) is 57.2 Å². The Morgan fingerprint density at radius 1 is 0.913 bits per heavy atom. The summed E-state index contributed by atoms with van der Waals surface area (Å²) in [5.41, 5.74) is 0. The van der Waals surface area contributed by atoms with Crippen molar-refractivity contribution in [1.29, 1.82) is 0 Å². The third kappa shape index (κ3) is 2.71. The summed E-state index contributed by atoms with van der Waals surface area (Å²) in [5.74, 6) is -0.00453. The van der Waals surface area contributed by atoms with E-state index in [2.05, 4.69) is 41.5 Å². The number of aliphatic hydroxyl groups is 1. The highest BCUT2D eigenvalue weighted by Crippen LogP contribution is 2.55. The van der Waals surface area contributed by atoms with Gasteiger partial charge in [0.05, 0.1) is 24.9 Å². The van der Waals surface area contributed by atoms with Crippen molar-refractivity contribution in [3.8, 4) is 0 Å². The molecule has 3 saturated heterocycles. The number of hydrogen-bond acceptors (Lipinski definition) is 5. The van der Waals surface area contributed by atoms with E-state index >= 15 is 0 Å². The van der Waals surface area contributed by atoms with Crippen molar-refractivity contribution in [3.05, 3.63) is 0 Å². The van der Waals surface area contributed by atoms with E-state index in [4.69, 9.17) is 18.3 Å². The molecule has 3 fully saturated rings. The number of hydrogen-bond donors (Lipinski definition) is 1. The highest BCUT2D eigenvalue weighted by molar-refractivity contribution is 6.73. The van der Waals surface area contributed by atoms with Gasteiger partial charge in [0.15, 0.2) is 6.29 Å². The maximum Gasteiger partial charge on any atom is 0.349 e. The molecule has 134 valence electrons. The third-order valence-electron chi connectivity index (χ3n) is 5.60. The molecule has 0 aliphatic carbocycles. The number of aliphatic hydroxyl groups excluding tert-OH is 1. The summed E-state index contributed by atoms with van der Waals surface area (Å²) in [4.78, 5) is 0. The lowest BCUT2D eigenvalue weighted by Crippen LogP contribution is -2.67. The highest BCUT2D eigenvalue weighted by atomic mass is 28.4. The third-order valence-corrected chi connectivity index (χ3v) is 10.8. The van der Waals surface area contributed by atoms with Crippen LogP contribution in [0, 0.1) is 5.92 Å². The van der Waals surface area contributed by atoms with Gasteiger partial charge in [0.1, 0.15) is 6.10 Å². The van der Waals surface area contributed by atoms with Crippen LogP contribution in [0.1, 0.15) is 54.9 Å². The van der Waals surface area contributed by atoms with E-state index in [0.29, 0.717) is 6.61 Å². The summed E-state index contributed by atoms with van der Waals surface area (Å²) in [7, 11) is -2.47. The summed E-state index contributed by atoms with van der Waals surface area (Å²) >= 11 is 0. The average molecular weight is 345 g/mol. The van der Waals surface area contributed by atoms with Crippen LogP contribution in [0.4, 0.5) is 0 Å². The largest absolute Gasteiger partial charge is 0.391 e. The summed E-state index contributed by atoms with van der Waals surface area (Å²) in [5, 5.41) is 9.89. The molecule has 0 saturated carbocycles. The summed E-state index contributed by atoms with van der Waals surface area (Å²) in [6.07, 6.45) is -0.159. The van der Waals surface area contributed by atoms with E-state index in [1.807, 2.05) is 6.92 Å². The molecule has 0 bridgehead atoms. The second-order valence-electron chi connectivity index (χ2n) is 9.38. The zero-order valence-corrected chi connectivity index (χ0v) is 16.5. The van der Waals surface area contributed by atoms with Gasteiger partial charge in [-0.2, -0.15) is 0 Å². The van der Waals surface area contributed by atoms with Gasteiger partial charge in [0.25, 0.3) is 0 Å². The number of ether oxygens (including phenoxy) is 2. The molecule has 0 radical (unpaired) electrons. The van der Waals surface area contributed by atoms with E-state index in [-0.39, 0.29) is 40.4 Å². The van der Waals surface area contributed by atoms with Gasteiger partial charge < -0.3 is 23.4 Å². The van der Waals surface area contributed by atoms with Crippen LogP contribution in [0.3, 0.4) is 0 Å². The van der Waals surface area contributed by atoms with Crippen LogP contribution in [0.5, 0.6) is 0 Å². The fourth-order valence-corrected chi connectivity index (χ4v) is 9.55. The smallest absolute Gasteiger partial charge is 0.349 e. The lowest BCUT2D eigenvalue weighted by molar-refractivity contribution is -0.194. The molecule has 6 atom stereocenters. The van der Waals surface area contributed by atoms with Crippen molar-refractivity contribution in [2.45, 2.75) is 95.7 Å².